The van der Waals surface area contributed by atoms with Gasteiger partial charge >= 0.3 is 0 Å². The fourth-order valence-corrected chi connectivity index (χ4v) is 2.54. The van der Waals surface area contributed by atoms with Crippen LogP contribution in [0.2, 0.25) is 0 Å². The lowest BCUT2D eigenvalue weighted by Gasteiger charge is -1.98. The number of hydrogen-bond acceptors (Lipinski definition) is 1. The molecule has 1 aromatic carbocycles. The van der Waals surface area contributed by atoms with Crippen LogP contribution in [0, 0.1) is 13.8 Å². The van der Waals surface area contributed by atoms with Gasteiger partial charge in [0.15, 0.2) is 0 Å². The summed E-state index contributed by atoms with van der Waals surface area (Å²) in [6.07, 6.45) is 0. The monoisotopic (exact) mass is 274 g/mol. The topological polar surface area (TPSA) is 28.7 Å². The van der Waals surface area contributed by atoms with Crippen LogP contribution in [0.5, 0.6) is 0 Å². The first-order valence-corrected chi connectivity index (χ1v) is 5.99. The molecule has 0 atom stereocenters. The van der Waals surface area contributed by atoms with Crippen LogP contribution in [-0.2, 0) is 0 Å². The van der Waals surface area contributed by atoms with E-state index in [0.29, 0.717) is 0 Å². The number of pyridine rings is 1. The van der Waals surface area contributed by atoms with Crippen molar-refractivity contribution in [3.8, 4) is 0 Å². The van der Waals surface area contributed by atoms with Gasteiger partial charge in [0.2, 0.25) is 0 Å². The predicted molar refractivity (Wildman–Crippen MR) is 70.8 cm³/mol. The molecule has 0 bridgehead atoms. The third-order valence-corrected chi connectivity index (χ3v) is 3.35. The lowest BCUT2D eigenvalue weighted by Crippen LogP contribution is -1.86. The highest BCUT2D eigenvalue weighted by atomic mass is 79.9. The number of aromatic nitrogens is 2. The average Bonchev–Trinajstić information content (AvgIpc) is 2.57. The maximum absolute atomic E-state index is 4.48. The summed E-state index contributed by atoms with van der Waals surface area (Å²) in [5.41, 5.74) is 4.42. The molecule has 80 valence electrons. The fourth-order valence-electron chi connectivity index (χ4n) is 2.18. The van der Waals surface area contributed by atoms with Crippen molar-refractivity contribution in [3.63, 3.8) is 0 Å². The zero-order valence-electron chi connectivity index (χ0n) is 9.13. The van der Waals surface area contributed by atoms with Gasteiger partial charge in [-0.1, -0.05) is 15.9 Å². The van der Waals surface area contributed by atoms with Crippen LogP contribution in [0.25, 0.3) is 21.8 Å². The van der Waals surface area contributed by atoms with Crippen LogP contribution in [-0.4, -0.2) is 9.97 Å². The van der Waals surface area contributed by atoms with E-state index in [0.717, 1.165) is 26.9 Å². The first kappa shape index (κ1) is 9.85. The Morgan fingerprint density at radius 2 is 1.94 bits per heavy atom. The molecule has 0 fully saturated rings. The third-order valence-electron chi connectivity index (χ3n) is 2.86. The van der Waals surface area contributed by atoms with Gasteiger partial charge in [-0.05, 0) is 38.1 Å². The molecule has 0 saturated heterocycles. The van der Waals surface area contributed by atoms with Crippen molar-refractivity contribution in [3.05, 3.63) is 40.1 Å². The molecule has 0 aliphatic rings. The number of aryl methyl sites for hydroxylation is 2. The second-order valence-electron chi connectivity index (χ2n) is 4.09. The number of benzene rings is 1. The Morgan fingerprint density at radius 3 is 2.75 bits per heavy atom. The van der Waals surface area contributed by atoms with Crippen molar-refractivity contribution in [2.24, 2.45) is 0 Å². The summed E-state index contributed by atoms with van der Waals surface area (Å²) in [6, 6.07) is 8.42. The molecule has 1 N–H and O–H groups in total. The minimum Gasteiger partial charge on any atom is -0.353 e. The van der Waals surface area contributed by atoms with Gasteiger partial charge in [-0.15, -0.1) is 0 Å². The molecule has 2 nitrogen and oxygen atoms in total. The first-order valence-electron chi connectivity index (χ1n) is 5.20. The van der Waals surface area contributed by atoms with E-state index in [1.807, 2.05) is 19.9 Å². The highest BCUT2D eigenvalue weighted by molar-refractivity contribution is 9.10. The van der Waals surface area contributed by atoms with E-state index in [1.165, 1.54) is 10.8 Å². The van der Waals surface area contributed by atoms with Gasteiger partial charge in [0, 0.05) is 26.5 Å². The Kier molecular flexibility index (Phi) is 2.04. The largest absolute Gasteiger partial charge is 0.353 e. The molecule has 3 rings (SSSR count). The quantitative estimate of drug-likeness (QED) is 0.657. The molecule has 3 heteroatoms. The number of nitrogens with zero attached hydrogens (tertiary/aromatic N) is 1. The average molecular weight is 275 g/mol. The Labute approximate surface area is 102 Å². The van der Waals surface area contributed by atoms with Gasteiger partial charge in [0.1, 0.15) is 0 Å². The van der Waals surface area contributed by atoms with Crippen molar-refractivity contribution in [2.75, 3.05) is 0 Å². The molecule has 16 heavy (non-hydrogen) atoms. The smallest absolute Gasteiger partial charge is 0.0681 e. The van der Waals surface area contributed by atoms with E-state index in [4.69, 9.17) is 0 Å². The SMILES string of the molecule is Cc1cc2c([nH]c3ccc(Br)cc32)c(C)n1. The molecule has 0 aliphatic carbocycles. The van der Waals surface area contributed by atoms with E-state index < -0.39 is 0 Å². The van der Waals surface area contributed by atoms with E-state index in [-0.39, 0.29) is 0 Å². The summed E-state index contributed by atoms with van der Waals surface area (Å²) in [6.45, 7) is 4.07. The van der Waals surface area contributed by atoms with E-state index in [1.54, 1.807) is 0 Å². The highest BCUT2D eigenvalue weighted by Crippen LogP contribution is 2.29. The Hall–Kier alpha value is -1.35. The fraction of sp³-hybridized carbons (Fsp3) is 0.154. The molecular weight excluding hydrogens is 264 g/mol. The number of aromatic amines is 1. The number of H-pyrrole nitrogens is 1. The van der Waals surface area contributed by atoms with Crippen LogP contribution in [0.3, 0.4) is 0 Å². The minimum atomic E-state index is 1.06. The van der Waals surface area contributed by atoms with E-state index in [9.17, 15) is 0 Å². The molecular formula is C13H11BrN2. The number of halogens is 1. The lowest BCUT2D eigenvalue weighted by molar-refractivity contribution is 1.14. The van der Waals surface area contributed by atoms with E-state index in [2.05, 4.69) is 44.1 Å². The second-order valence-corrected chi connectivity index (χ2v) is 5.00. The summed E-state index contributed by atoms with van der Waals surface area (Å²) in [7, 11) is 0. The first-order chi connectivity index (χ1) is 7.65. The van der Waals surface area contributed by atoms with Gasteiger partial charge in [0.25, 0.3) is 0 Å². The number of fused-ring (bicyclic) bond motifs is 3. The van der Waals surface area contributed by atoms with E-state index >= 15 is 0 Å². The number of nitrogens with one attached hydrogen (secondary N) is 1. The third kappa shape index (κ3) is 1.35. The van der Waals surface area contributed by atoms with Gasteiger partial charge in [-0.25, -0.2) is 0 Å². The van der Waals surface area contributed by atoms with Crippen molar-refractivity contribution in [1.82, 2.24) is 9.97 Å². The van der Waals surface area contributed by atoms with Crippen LogP contribution in [0.1, 0.15) is 11.4 Å². The van der Waals surface area contributed by atoms with Crippen LogP contribution < -0.4 is 0 Å². The number of rotatable bonds is 0. The van der Waals surface area contributed by atoms with Crippen LogP contribution >= 0.6 is 15.9 Å². The summed E-state index contributed by atoms with van der Waals surface area (Å²) in [5, 5.41) is 2.50. The lowest BCUT2D eigenvalue weighted by atomic mass is 10.1. The van der Waals surface area contributed by atoms with Crippen molar-refractivity contribution in [1.29, 1.82) is 0 Å². The molecule has 0 saturated carbocycles. The zero-order valence-corrected chi connectivity index (χ0v) is 10.7. The Bertz CT molecular complexity index is 698. The standard InChI is InChI=1S/C13H11BrN2/c1-7-5-11-10-6-9(14)3-4-12(10)16-13(11)8(2)15-7/h3-6,16H,1-2H3. The maximum atomic E-state index is 4.48. The number of hydrogen-bond donors (Lipinski definition) is 1. The normalized spacial score (nSPS) is 11.4. The summed E-state index contributed by atoms with van der Waals surface area (Å²) >= 11 is 3.51. The zero-order chi connectivity index (χ0) is 11.3. The van der Waals surface area contributed by atoms with Gasteiger partial charge in [-0.2, -0.15) is 0 Å². The molecule has 0 amide bonds. The van der Waals surface area contributed by atoms with Crippen molar-refractivity contribution in [2.45, 2.75) is 13.8 Å². The Morgan fingerprint density at radius 1 is 1.12 bits per heavy atom. The predicted octanol–water partition coefficient (Wildman–Crippen LogP) is 4.10. The van der Waals surface area contributed by atoms with Crippen LogP contribution in [0.15, 0.2) is 28.7 Å². The van der Waals surface area contributed by atoms with Crippen molar-refractivity contribution >= 4 is 37.7 Å². The Balaban J connectivity index is 2.57. The maximum Gasteiger partial charge on any atom is 0.0681 e. The molecule has 2 heterocycles. The molecule has 0 aliphatic heterocycles. The molecule has 2 aromatic heterocycles. The molecule has 0 spiro atoms. The minimum absolute atomic E-state index is 1.06. The summed E-state index contributed by atoms with van der Waals surface area (Å²) in [4.78, 5) is 7.89. The van der Waals surface area contributed by atoms with Crippen LogP contribution in [0.4, 0.5) is 0 Å². The van der Waals surface area contributed by atoms with Gasteiger partial charge in [-0.3, -0.25) is 4.98 Å². The highest BCUT2D eigenvalue weighted by Gasteiger charge is 2.07. The summed E-state index contributed by atoms with van der Waals surface area (Å²) in [5.74, 6) is 0. The summed E-state index contributed by atoms with van der Waals surface area (Å²) < 4.78 is 1.10. The molecule has 0 unspecified atom stereocenters. The molecule has 0 radical (unpaired) electrons. The van der Waals surface area contributed by atoms with Crippen molar-refractivity contribution < 1.29 is 0 Å². The second kappa shape index (κ2) is 3.32. The molecule has 3 aromatic rings. The van der Waals surface area contributed by atoms with Gasteiger partial charge < -0.3 is 4.98 Å². The van der Waals surface area contributed by atoms with Gasteiger partial charge in [0.05, 0.1) is 11.2 Å².